The summed E-state index contributed by atoms with van der Waals surface area (Å²) in [5.74, 6) is 1.02. The topological polar surface area (TPSA) is 21.1 Å². The van der Waals surface area contributed by atoms with E-state index < -0.39 is 0 Å². The molecule has 1 atom stereocenters. The number of hydrogen-bond acceptors (Lipinski definition) is 3. The van der Waals surface area contributed by atoms with Crippen LogP contribution in [0.4, 0.5) is 0 Å². The molecule has 1 fully saturated rings. The first kappa shape index (κ1) is 10.7. The van der Waals surface area contributed by atoms with Gasteiger partial charge in [-0.1, -0.05) is 31.5 Å². The van der Waals surface area contributed by atoms with Crippen LogP contribution in [0.5, 0.6) is 0 Å². The third-order valence-corrected chi connectivity index (χ3v) is 3.81. The van der Waals surface area contributed by atoms with Crippen LogP contribution in [0.2, 0.25) is 0 Å². The zero-order chi connectivity index (χ0) is 11.8. The predicted molar refractivity (Wildman–Crippen MR) is 73.0 cm³/mol. The summed E-state index contributed by atoms with van der Waals surface area (Å²) in [5.41, 5.74) is 2.08. The SMILES string of the molecule is C=CN1CCCC1c1nc2ccccc2n1S. The van der Waals surface area contributed by atoms with Crippen molar-refractivity contribution < 1.29 is 0 Å². The smallest absolute Gasteiger partial charge is 0.142 e. The van der Waals surface area contributed by atoms with Crippen LogP contribution < -0.4 is 0 Å². The molecule has 3 nitrogen and oxygen atoms in total. The highest BCUT2D eigenvalue weighted by atomic mass is 32.1. The first-order chi connectivity index (χ1) is 8.31. The normalized spacial score (nSPS) is 20.1. The van der Waals surface area contributed by atoms with Crippen LogP contribution >= 0.6 is 12.8 Å². The van der Waals surface area contributed by atoms with E-state index in [4.69, 9.17) is 0 Å². The Balaban J connectivity index is 2.11. The number of fused-ring (bicyclic) bond motifs is 1. The lowest BCUT2D eigenvalue weighted by Gasteiger charge is -2.21. The molecule has 1 saturated heterocycles. The second-order valence-corrected chi connectivity index (χ2v) is 4.75. The molecule has 2 heterocycles. The molecular formula is C13H15N3S. The molecular weight excluding hydrogens is 230 g/mol. The number of para-hydroxylation sites is 2. The summed E-state index contributed by atoms with van der Waals surface area (Å²) in [4.78, 5) is 6.93. The molecule has 17 heavy (non-hydrogen) atoms. The van der Waals surface area contributed by atoms with E-state index in [2.05, 4.69) is 29.3 Å². The van der Waals surface area contributed by atoms with Crippen molar-refractivity contribution in [1.82, 2.24) is 13.9 Å². The maximum atomic E-state index is 4.69. The van der Waals surface area contributed by atoms with Crippen molar-refractivity contribution in [3.63, 3.8) is 0 Å². The summed E-state index contributed by atoms with van der Waals surface area (Å²) < 4.78 is 1.90. The van der Waals surface area contributed by atoms with Crippen molar-refractivity contribution in [2.75, 3.05) is 6.54 Å². The maximum absolute atomic E-state index is 4.69. The highest BCUT2D eigenvalue weighted by molar-refractivity contribution is 7.78. The molecule has 1 aromatic heterocycles. The van der Waals surface area contributed by atoms with Gasteiger partial charge in [-0.3, -0.25) is 3.97 Å². The molecule has 0 saturated carbocycles. The number of benzene rings is 1. The molecule has 3 rings (SSSR count). The van der Waals surface area contributed by atoms with Gasteiger partial charge in [0.05, 0.1) is 17.1 Å². The highest BCUT2D eigenvalue weighted by Crippen LogP contribution is 2.33. The number of imidazole rings is 1. The van der Waals surface area contributed by atoms with E-state index in [-0.39, 0.29) is 0 Å². The number of hydrogen-bond donors (Lipinski definition) is 1. The van der Waals surface area contributed by atoms with Gasteiger partial charge in [0.2, 0.25) is 0 Å². The van der Waals surface area contributed by atoms with E-state index in [1.54, 1.807) is 0 Å². The van der Waals surface area contributed by atoms with Gasteiger partial charge < -0.3 is 4.90 Å². The molecule has 0 radical (unpaired) electrons. The van der Waals surface area contributed by atoms with E-state index in [9.17, 15) is 0 Å². The predicted octanol–water partition coefficient (Wildman–Crippen LogP) is 3.01. The second-order valence-electron chi connectivity index (χ2n) is 4.35. The summed E-state index contributed by atoms with van der Waals surface area (Å²) in [6.07, 6.45) is 4.22. The molecule has 88 valence electrons. The Hall–Kier alpha value is -1.42. The molecule has 1 unspecified atom stereocenters. The molecule has 1 aliphatic heterocycles. The molecule has 0 N–H and O–H groups in total. The van der Waals surface area contributed by atoms with Crippen molar-refractivity contribution in [1.29, 1.82) is 0 Å². The molecule has 1 aromatic carbocycles. The Bertz CT molecular complexity index is 561. The number of thiol groups is 1. The lowest BCUT2D eigenvalue weighted by molar-refractivity contribution is 0.346. The largest absolute Gasteiger partial charge is 0.368 e. The summed E-state index contributed by atoms with van der Waals surface area (Å²) in [6.45, 7) is 4.93. The Kier molecular flexibility index (Phi) is 2.59. The van der Waals surface area contributed by atoms with Gasteiger partial charge in [0.25, 0.3) is 0 Å². The van der Waals surface area contributed by atoms with Crippen LogP contribution in [0, 0.1) is 0 Å². The summed E-state index contributed by atoms with van der Waals surface area (Å²) in [6, 6.07) is 8.41. The standard InChI is InChI=1S/C13H15N3S/c1-2-15-9-5-8-12(15)13-14-10-6-3-4-7-11(10)16(13)17/h2-4,6-7,12,17H,1,5,8-9H2. The Morgan fingerprint density at radius 3 is 3.00 bits per heavy atom. The Morgan fingerprint density at radius 2 is 2.24 bits per heavy atom. The lowest BCUT2D eigenvalue weighted by Crippen LogP contribution is -2.18. The monoisotopic (exact) mass is 245 g/mol. The molecule has 2 aromatic rings. The number of likely N-dealkylation sites (tertiary alicyclic amines) is 1. The molecule has 0 amide bonds. The average Bonchev–Trinajstić information content (AvgIpc) is 2.94. The maximum Gasteiger partial charge on any atom is 0.142 e. The van der Waals surface area contributed by atoms with Crippen molar-refractivity contribution in [2.24, 2.45) is 0 Å². The Morgan fingerprint density at radius 1 is 1.41 bits per heavy atom. The summed E-state index contributed by atoms with van der Waals surface area (Å²) in [5, 5.41) is 0. The summed E-state index contributed by atoms with van der Waals surface area (Å²) in [7, 11) is 0. The van der Waals surface area contributed by atoms with E-state index in [0.29, 0.717) is 6.04 Å². The van der Waals surface area contributed by atoms with Gasteiger partial charge in [-0.2, -0.15) is 0 Å². The van der Waals surface area contributed by atoms with Gasteiger partial charge >= 0.3 is 0 Å². The molecule has 0 aliphatic carbocycles. The van der Waals surface area contributed by atoms with E-state index >= 15 is 0 Å². The fourth-order valence-corrected chi connectivity index (χ4v) is 2.88. The quantitative estimate of drug-likeness (QED) is 0.821. The van der Waals surface area contributed by atoms with E-state index in [0.717, 1.165) is 29.8 Å². The van der Waals surface area contributed by atoms with Crippen LogP contribution in [0.1, 0.15) is 24.7 Å². The van der Waals surface area contributed by atoms with Crippen molar-refractivity contribution in [3.8, 4) is 0 Å². The molecule has 0 bridgehead atoms. The van der Waals surface area contributed by atoms with Gasteiger partial charge in [-0.05, 0) is 31.2 Å². The number of aromatic nitrogens is 2. The van der Waals surface area contributed by atoms with Crippen LogP contribution in [0.3, 0.4) is 0 Å². The molecule has 4 heteroatoms. The van der Waals surface area contributed by atoms with Crippen LogP contribution in [0.15, 0.2) is 37.0 Å². The first-order valence-corrected chi connectivity index (χ1v) is 6.26. The van der Waals surface area contributed by atoms with Crippen molar-refractivity contribution >= 4 is 23.8 Å². The molecule has 1 aliphatic rings. The van der Waals surface area contributed by atoms with Gasteiger partial charge in [0.15, 0.2) is 0 Å². The number of nitrogens with zero attached hydrogens (tertiary/aromatic N) is 3. The summed E-state index contributed by atoms with van der Waals surface area (Å²) >= 11 is 4.56. The highest BCUT2D eigenvalue weighted by Gasteiger charge is 2.27. The van der Waals surface area contributed by atoms with E-state index in [1.165, 1.54) is 6.42 Å². The minimum atomic E-state index is 0.317. The van der Waals surface area contributed by atoms with Gasteiger partial charge in [0.1, 0.15) is 5.82 Å². The van der Waals surface area contributed by atoms with Crippen molar-refractivity contribution in [3.05, 3.63) is 42.9 Å². The first-order valence-electron chi connectivity index (χ1n) is 5.86. The fraction of sp³-hybridized carbons (Fsp3) is 0.308. The molecule has 0 spiro atoms. The third kappa shape index (κ3) is 1.63. The fourth-order valence-electron chi connectivity index (χ4n) is 2.53. The van der Waals surface area contributed by atoms with Gasteiger partial charge in [-0.15, -0.1) is 0 Å². The minimum absolute atomic E-state index is 0.317. The third-order valence-electron chi connectivity index (χ3n) is 3.39. The Labute approximate surface area is 106 Å². The van der Waals surface area contributed by atoms with Gasteiger partial charge in [-0.25, -0.2) is 4.98 Å². The minimum Gasteiger partial charge on any atom is -0.368 e. The van der Waals surface area contributed by atoms with Crippen LogP contribution in [-0.4, -0.2) is 20.4 Å². The van der Waals surface area contributed by atoms with Crippen LogP contribution in [-0.2, 0) is 0 Å². The zero-order valence-corrected chi connectivity index (χ0v) is 10.5. The van der Waals surface area contributed by atoms with Crippen molar-refractivity contribution in [2.45, 2.75) is 18.9 Å². The number of rotatable bonds is 2. The van der Waals surface area contributed by atoms with Crippen LogP contribution in [0.25, 0.3) is 11.0 Å². The zero-order valence-electron chi connectivity index (χ0n) is 9.58. The average molecular weight is 245 g/mol. The second kappa shape index (κ2) is 4.11. The van der Waals surface area contributed by atoms with E-state index in [1.807, 2.05) is 34.4 Å². The van der Waals surface area contributed by atoms with Gasteiger partial charge in [0, 0.05) is 6.54 Å². The lowest BCUT2D eigenvalue weighted by atomic mass is 10.2.